The quantitative estimate of drug-likeness (QED) is 0.308. The van der Waals surface area contributed by atoms with Crippen molar-refractivity contribution < 1.29 is 68.9 Å². The van der Waals surface area contributed by atoms with Gasteiger partial charge < -0.3 is 24.8 Å². The van der Waals surface area contributed by atoms with Gasteiger partial charge in [-0.05, 0) is 75.0 Å². The second kappa shape index (κ2) is 15.4. The van der Waals surface area contributed by atoms with Crippen LogP contribution in [0.4, 0.5) is 0 Å². The Morgan fingerprint density at radius 1 is 0.585 bits per heavy atom. The Kier molecular flexibility index (Phi) is 15.7. The summed E-state index contributed by atoms with van der Waals surface area (Å²) >= 11 is -0.391. The van der Waals surface area contributed by atoms with Crippen molar-refractivity contribution in [1.82, 2.24) is 0 Å². The minimum atomic E-state index is -1.96. The van der Waals surface area contributed by atoms with Crippen molar-refractivity contribution in [3.8, 4) is 0 Å². The standard InChI is InChI=1S/C20H30.C10H15.C5H5.4ClH.2Zr/c1-11-13(3)17(19(7,8)15(11)5)18-14(4)12(2)16(6)20(18,9)10;1-7-6-10(4,5)9(3)8(7)2;1-2-4-5-3-1;;;;;;/h1-10H3;1-5H3;1-3H,4H2;4*1H;;/q;;;;;;;2*+2/p-4. The van der Waals surface area contributed by atoms with Gasteiger partial charge in [-0.15, -0.1) is 0 Å². The summed E-state index contributed by atoms with van der Waals surface area (Å²) in [7, 11) is 11.5. The Labute approximate surface area is 295 Å². The average Bonchev–Trinajstić information content (AvgIpc) is 3.53. The number of hydrogen-bond acceptors (Lipinski definition) is 0. The third-order valence-electron chi connectivity index (χ3n) is 10.5. The van der Waals surface area contributed by atoms with Crippen molar-refractivity contribution in [1.29, 1.82) is 0 Å². The van der Waals surface area contributed by atoms with E-state index in [1.807, 2.05) is 12.2 Å². The Balaban J connectivity index is 0.000000644. The maximum absolute atomic E-state index is 5.74. The molecule has 0 nitrogen and oxygen atoms in total. The van der Waals surface area contributed by atoms with Crippen LogP contribution in [0.5, 0.6) is 0 Å². The SMILES string of the molecule is CC1=C(C)C(C)(C)C(C2=C(C)C(C)=C(C)C2(C)C)=C1C.CC1=C(C)C(C)(C)[C]([Zr+2])=C1C.[Cl-].[Cl-].[Cl][Zr]([Cl])[C]1=CC=CC1. The Morgan fingerprint density at radius 2 is 0.927 bits per heavy atom. The van der Waals surface area contributed by atoms with Crippen LogP contribution in [0.1, 0.15) is 110 Å². The molecule has 0 aromatic rings. The zero-order valence-corrected chi connectivity index (χ0v) is 35.9. The number of hydrogen-bond donors (Lipinski definition) is 0. The fourth-order valence-electron chi connectivity index (χ4n) is 6.37. The molecular formula is C35H50Cl4Zr2. The predicted molar refractivity (Wildman–Crippen MR) is 168 cm³/mol. The molecule has 4 rings (SSSR count). The third kappa shape index (κ3) is 7.99. The predicted octanol–water partition coefficient (Wildman–Crippen LogP) is 6.32. The number of rotatable bonds is 2. The fraction of sp³-hybridized carbons (Fsp3) is 0.543. The first-order chi connectivity index (χ1) is 17.6. The molecule has 4 aliphatic carbocycles. The maximum atomic E-state index is 5.74. The minimum absolute atomic E-state index is 0. The monoisotopic (exact) mass is 790 g/mol. The van der Waals surface area contributed by atoms with Crippen LogP contribution in [-0.4, -0.2) is 0 Å². The summed E-state index contributed by atoms with van der Waals surface area (Å²) in [6.07, 6.45) is 7.14. The van der Waals surface area contributed by atoms with Gasteiger partial charge in [-0.25, -0.2) is 0 Å². The van der Waals surface area contributed by atoms with Gasteiger partial charge in [-0.2, -0.15) is 0 Å². The summed E-state index contributed by atoms with van der Waals surface area (Å²) in [4.78, 5) is 0. The van der Waals surface area contributed by atoms with E-state index in [0.29, 0.717) is 5.41 Å². The van der Waals surface area contributed by atoms with Gasteiger partial charge in [0, 0.05) is 10.8 Å². The van der Waals surface area contributed by atoms with Gasteiger partial charge in [0.1, 0.15) is 0 Å². The van der Waals surface area contributed by atoms with Gasteiger partial charge in [-0.3, -0.25) is 0 Å². The Bertz CT molecular complexity index is 1220. The molecule has 0 aliphatic heterocycles. The molecule has 41 heavy (non-hydrogen) atoms. The Morgan fingerprint density at radius 3 is 1.07 bits per heavy atom. The van der Waals surface area contributed by atoms with Gasteiger partial charge in [-0.1, -0.05) is 38.8 Å². The van der Waals surface area contributed by atoms with E-state index in [-0.39, 0.29) is 35.6 Å². The van der Waals surface area contributed by atoms with Crippen LogP contribution >= 0.6 is 17.0 Å². The molecule has 226 valence electrons. The van der Waals surface area contributed by atoms with Crippen LogP contribution in [0.15, 0.2) is 86.1 Å². The molecular weight excluding hydrogens is 745 g/mol. The third-order valence-corrected chi connectivity index (χ3v) is 17.9. The molecule has 0 fully saturated rings. The molecule has 0 atom stereocenters. The Hall–Kier alpha value is 0.846. The van der Waals surface area contributed by atoms with Crippen LogP contribution in [0.3, 0.4) is 0 Å². The summed E-state index contributed by atoms with van der Waals surface area (Å²) in [6.45, 7) is 34.7. The van der Waals surface area contributed by atoms with E-state index in [0.717, 1.165) is 6.42 Å². The molecule has 0 amide bonds. The number of halogens is 4. The number of allylic oxidation sites excluding steroid dienone is 16. The van der Waals surface area contributed by atoms with Gasteiger partial charge in [0.05, 0.1) is 0 Å². The first-order valence-electron chi connectivity index (χ1n) is 14.1. The van der Waals surface area contributed by atoms with Gasteiger partial charge in [0.15, 0.2) is 0 Å². The molecule has 0 N–H and O–H groups in total. The van der Waals surface area contributed by atoms with Crippen molar-refractivity contribution in [2.75, 3.05) is 0 Å². The van der Waals surface area contributed by atoms with Crippen LogP contribution in [-0.2, 0) is 44.1 Å². The van der Waals surface area contributed by atoms with Gasteiger partial charge in [0.2, 0.25) is 0 Å². The van der Waals surface area contributed by atoms with Gasteiger partial charge >= 0.3 is 149 Å². The van der Waals surface area contributed by atoms with Crippen molar-refractivity contribution in [3.05, 3.63) is 86.1 Å². The average molecular weight is 795 g/mol. The van der Waals surface area contributed by atoms with Crippen LogP contribution in [0.25, 0.3) is 0 Å². The molecule has 0 saturated heterocycles. The molecule has 0 spiro atoms. The van der Waals surface area contributed by atoms with E-state index < -0.39 is 19.4 Å². The second-order valence-electron chi connectivity index (χ2n) is 13.2. The summed E-state index contributed by atoms with van der Waals surface area (Å²) in [5.41, 5.74) is 17.5. The molecule has 0 heterocycles. The van der Waals surface area contributed by atoms with E-state index in [1.165, 1.54) is 47.9 Å². The summed E-state index contributed by atoms with van der Waals surface area (Å²) in [5, 5.41) is 0. The molecule has 0 aromatic heterocycles. The van der Waals surface area contributed by atoms with E-state index in [2.05, 4.69) is 110 Å². The van der Waals surface area contributed by atoms with Crippen molar-refractivity contribution >= 4 is 17.0 Å². The van der Waals surface area contributed by atoms with Gasteiger partial charge in [0.25, 0.3) is 0 Å². The summed E-state index contributed by atoms with van der Waals surface area (Å²) in [6, 6.07) is 0. The van der Waals surface area contributed by atoms with E-state index in [1.54, 1.807) is 44.7 Å². The topological polar surface area (TPSA) is 0 Å². The molecule has 4 aliphatic rings. The van der Waals surface area contributed by atoms with Crippen molar-refractivity contribution in [2.45, 2.75) is 110 Å². The van der Waals surface area contributed by atoms with Crippen LogP contribution < -0.4 is 24.8 Å². The van der Waals surface area contributed by atoms with E-state index in [9.17, 15) is 0 Å². The van der Waals surface area contributed by atoms with Crippen LogP contribution in [0, 0.1) is 16.2 Å². The van der Waals surface area contributed by atoms with E-state index >= 15 is 0 Å². The summed E-state index contributed by atoms with van der Waals surface area (Å²) < 4.78 is 2.91. The van der Waals surface area contributed by atoms with Crippen LogP contribution in [0.2, 0.25) is 0 Å². The molecule has 0 radical (unpaired) electrons. The molecule has 0 bridgehead atoms. The van der Waals surface area contributed by atoms with Crippen molar-refractivity contribution in [2.24, 2.45) is 16.2 Å². The van der Waals surface area contributed by atoms with Crippen molar-refractivity contribution in [3.63, 3.8) is 0 Å². The normalized spacial score (nSPS) is 22.0. The second-order valence-corrected chi connectivity index (χ2v) is 22.9. The molecule has 6 heteroatoms. The first kappa shape index (κ1) is 41.8. The molecule has 0 saturated carbocycles. The summed E-state index contributed by atoms with van der Waals surface area (Å²) in [5.74, 6) is 0. The fourth-order valence-corrected chi connectivity index (χ4v) is 10.2. The van der Waals surface area contributed by atoms with E-state index in [4.69, 9.17) is 17.0 Å². The zero-order valence-electron chi connectivity index (χ0n) is 28.0. The molecule has 0 aromatic carbocycles. The molecule has 0 unspecified atom stereocenters. The zero-order chi connectivity index (χ0) is 30.4. The first-order valence-corrected chi connectivity index (χ1v) is 22.9.